The first-order valence-corrected chi connectivity index (χ1v) is 11.9. The van der Waals surface area contributed by atoms with Crippen molar-refractivity contribution in [2.75, 3.05) is 30.7 Å². The Labute approximate surface area is 212 Å². The van der Waals surface area contributed by atoms with Crippen molar-refractivity contribution in [3.8, 4) is 28.0 Å². The van der Waals surface area contributed by atoms with Crippen LogP contribution < -0.4 is 21.5 Å². The number of nitrogens with zero attached hydrogens (tertiary/aromatic N) is 2. The number of anilines is 2. The lowest BCUT2D eigenvalue weighted by atomic mass is 9.97. The zero-order valence-corrected chi connectivity index (χ0v) is 20.1. The molecule has 0 aliphatic carbocycles. The molecule has 1 aliphatic heterocycles. The molecule has 1 aromatic heterocycles. The molecular formula is C26H25ClN6O3. The molecule has 3 aromatic carbocycles. The summed E-state index contributed by atoms with van der Waals surface area (Å²) in [4.78, 5) is 25.1. The highest BCUT2D eigenvalue weighted by Crippen LogP contribution is 2.39. The summed E-state index contributed by atoms with van der Waals surface area (Å²) < 4.78 is 5.99. The van der Waals surface area contributed by atoms with Crippen LogP contribution in [0.2, 0.25) is 5.02 Å². The number of ether oxygens (including phenoxy) is 1. The second kappa shape index (κ2) is 9.79. The summed E-state index contributed by atoms with van der Waals surface area (Å²) in [6.07, 6.45) is 1.50. The number of amides is 3. The number of aromatic nitrogens is 2. The average molecular weight is 505 g/mol. The maximum Gasteiger partial charge on any atom is 0.316 e. The zero-order chi connectivity index (χ0) is 25.2. The van der Waals surface area contributed by atoms with Crippen molar-refractivity contribution in [3.05, 3.63) is 59.6 Å². The number of primary amides is 1. The van der Waals surface area contributed by atoms with Gasteiger partial charge in [-0.2, -0.15) is 5.10 Å². The van der Waals surface area contributed by atoms with E-state index >= 15 is 0 Å². The van der Waals surface area contributed by atoms with Crippen LogP contribution in [-0.4, -0.2) is 46.7 Å². The summed E-state index contributed by atoms with van der Waals surface area (Å²) in [5.74, 6) is 1.16. The largest absolute Gasteiger partial charge is 0.489 e. The summed E-state index contributed by atoms with van der Waals surface area (Å²) in [5.41, 5.74) is 16.1. The number of urea groups is 1. The number of hydrogen-bond acceptors (Lipinski definition) is 5. The molecule has 1 fully saturated rings. The van der Waals surface area contributed by atoms with E-state index in [4.69, 9.17) is 27.8 Å². The Morgan fingerprint density at radius 3 is 2.64 bits per heavy atom. The van der Waals surface area contributed by atoms with E-state index in [-0.39, 0.29) is 5.91 Å². The van der Waals surface area contributed by atoms with Crippen LogP contribution in [0.25, 0.3) is 33.2 Å². The van der Waals surface area contributed by atoms with E-state index < -0.39 is 6.03 Å². The number of carbonyl (C=O) groups excluding carboxylic acids is 2. The van der Waals surface area contributed by atoms with E-state index in [0.29, 0.717) is 52.9 Å². The van der Waals surface area contributed by atoms with Crippen LogP contribution in [0.4, 0.5) is 16.3 Å². The minimum atomic E-state index is -0.665. The number of likely N-dealkylation sites (tertiary alicyclic amines) is 1. The molecule has 184 valence electrons. The average Bonchev–Trinajstić information content (AvgIpc) is 3.45. The number of halogens is 1. The van der Waals surface area contributed by atoms with Gasteiger partial charge in [0.2, 0.25) is 5.91 Å². The molecule has 0 unspecified atom stereocenters. The molecule has 3 amide bonds. The first-order chi connectivity index (χ1) is 17.4. The molecule has 6 N–H and O–H groups in total. The predicted molar refractivity (Wildman–Crippen MR) is 141 cm³/mol. The van der Waals surface area contributed by atoms with Gasteiger partial charge in [-0.25, -0.2) is 4.79 Å². The van der Waals surface area contributed by atoms with Crippen molar-refractivity contribution in [2.24, 2.45) is 5.73 Å². The Morgan fingerprint density at radius 2 is 1.92 bits per heavy atom. The Morgan fingerprint density at radius 1 is 1.14 bits per heavy atom. The maximum atomic E-state index is 11.8. The molecule has 0 radical (unpaired) electrons. The van der Waals surface area contributed by atoms with E-state index in [1.54, 1.807) is 18.2 Å². The predicted octanol–water partition coefficient (Wildman–Crippen LogP) is 4.62. The van der Waals surface area contributed by atoms with Gasteiger partial charge in [0, 0.05) is 18.5 Å². The van der Waals surface area contributed by atoms with E-state index in [0.717, 1.165) is 35.0 Å². The van der Waals surface area contributed by atoms with Crippen LogP contribution in [0, 0.1) is 0 Å². The van der Waals surface area contributed by atoms with E-state index in [9.17, 15) is 9.59 Å². The van der Waals surface area contributed by atoms with Gasteiger partial charge >= 0.3 is 6.03 Å². The summed E-state index contributed by atoms with van der Waals surface area (Å²) in [7, 11) is 0. The Bertz CT molecular complexity index is 1450. The summed E-state index contributed by atoms with van der Waals surface area (Å²) >= 11 is 6.44. The number of benzene rings is 3. The highest BCUT2D eigenvalue weighted by atomic mass is 35.5. The molecule has 1 saturated heterocycles. The third kappa shape index (κ3) is 4.52. The lowest BCUT2D eigenvalue weighted by Gasteiger charge is -2.16. The summed E-state index contributed by atoms with van der Waals surface area (Å²) in [6, 6.07) is 16.1. The monoisotopic (exact) mass is 504 g/mol. The molecular weight excluding hydrogens is 480 g/mol. The van der Waals surface area contributed by atoms with Crippen LogP contribution in [0.5, 0.6) is 5.75 Å². The van der Waals surface area contributed by atoms with Gasteiger partial charge in [0.1, 0.15) is 17.9 Å². The van der Waals surface area contributed by atoms with Crippen LogP contribution in [0.3, 0.4) is 0 Å². The van der Waals surface area contributed by atoms with Gasteiger partial charge in [0.05, 0.1) is 22.6 Å². The molecule has 2 heterocycles. The fourth-order valence-electron chi connectivity index (χ4n) is 4.57. The summed E-state index contributed by atoms with van der Waals surface area (Å²) in [6.45, 7) is 1.70. The highest BCUT2D eigenvalue weighted by molar-refractivity contribution is 6.34. The van der Waals surface area contributed by atoms with E-state index in [1.807, 2.05) is 41.3 Å². The lowest BCUT2D eigenvalue weighted by molar-refractivity contribution is -0.128. The van der Waals surface area contributed by atoms with Gasteiger partial charge in [-0.15, -0.1) is 0 Å². The number of H-pyrrole nitrogens is 1. The number of fused-ring (bicyclic) bond motifs is 1. The fourth-order valence-corrected chi connectivity index (χ4v) is 4.85. The minimum absolute atomic E-state index is 0.169. The van der Waals surface area contributed by atoms with Crippen molar-refractivity contribution >= 4 is 45.9 Å². The van der Waals surface area contributed by atoms with Crippen molar-refractivity contribution in [1.82, 2.24) is 15.1 Å². The summed E-state index contributed by atoms with van der Waals surface area (Å²) in [5, 5.41) is 11.0. The normalized spacial score (nSPS) is 13.4. The molecule has 0 bridgehead atoms. The smallest absolute Gasteiger partial charge is 0.316 e. The number of nitrogens with two attached hydrogens (primary N) is 2. The van der Waals surface area contributed by atoms with Crippen molar-refractivity contribution in [2.45, 2.75) is 12.8 Å². The lowest BCUT2D eigenvalue weighted by Crippen LogP contribution is -2.29. The third-order valence-corrected chi connectivity index (χ3v) is 6.57. The van der Waals surface area contributed by atoms with Gasteiger partial charge in [0.15, 0.2) is 5.82 Å². The molecule has 10 heteroatoms. The second-order valence-electron chi connectivity index (χ2n) is 8.53. The molecule has 4 aromatic rings. The Hall–Kier alpha value is -4.24. The Kier molecular flexibility index (Phi) is 6.39. The van der Waals surface area contributed by atoms with Crippen LogP contribution in [0.1, 0.15) is 12.8 Å². The van der Waals surface area contributed by atoms with Crippen molar-refractivity contribution < 1.29 is 14.3 Å². The van der Waals surface area contributed by atoms with Crippen LogP contribution in [0.15, 0.2) is 54.6 Å². The minimum Gasteiger partial charge on any atom is -0.489 e. The number of aromatic amines is 1. The molecule has 1 aliphatic rings. The van der Waals surface area contributed by atoms with Gasteiger partial charge < -0.3 is 26.4 Å². The highest BCUT2D eigenvalue weighted by Gasteiger charge is 2.20. The van der Waals surface area contributed by atoms with Crippen LogP contribution in [-0.2, 0) is 4.79 Å². The number of nitrogen functional groups attached to an aromatic ring is 1. The van der Waals surface area contributed by atoms with Crippen molar-refractivity contribution in [1.29, 1.82) is 0 Å². The quantitative estimate of drug-likeness (QED) is 0.290. The Balaban J connectivity index is 1.43. The first kappa shape index (κ1) is 23.5. The second-order valence-corrected chi connectivity index (χ2v) is 8.94. The molecule has 5 rings (SSSR count). The molecule has 9 nitrogen and oxygen atoms in total. The van der Waals surface area contributed by atoms with Gasteiger partial charge in [-0.3, -0.25) is 9.89 Å². The topological polar surface area (TPSA) is 139 Å². The standard InChI is InChI=1S/C26H25ClN6O3/c27-18-3-1-4-19(30-26(29)35)22(18)16-8-6-15(7-9-16)17-10-11-20(24-23(17)25(28)32-31-24)36-14-13-33-12-2-5-21(33)34/h1,3-4,6-11H,2,5,12-14H2,(H3,28,31,32)(H3,29,30,35). The van der Waals surface area contributed by atoms with E-state index in [2.05, 4.69) is 15.5 Å². The number of nitrogens with one attached hydrogen (secondary N) is 2. The molecule has 36 heavy (non-hydrogen) atoms. The number of hydrogen-bond donors (Lipinski definition) is 4. The number of rotatable bonds is 7. The third-order valence-electron chi connectivity index (χ3n) is 6.26. The van der Waals surface area contributed by atoms with E-state index in [1.165, 1.54) is 0 Å². The number of carbonyl (C=O) groups is 2. The van der Waals surface area contributed by atoms with Gasteiger partial charge in [0.25, 0.3) is 0 Å². The van der Waals surface area contributed by atoms with Gasteiger partial charge in [-0.05, 0) is 47.4 Å². The first-order valence-electron chi connectivity index (χ1n) is 11.6. The van der Waals surface area contributed by atoms with Crippen LogP contribution >= 0.6 is 11.6 Å². The maximum absolute atomic E-state index is 11.8. The fraction of sp³-hybridized carbons (Fsp3) is 0.192. The SMILES string of the molecule is NC(=O)Nc1cccc(Cl)c1-c1ccc(-c2ccc(OCCN3CCCC3=O)c3[nH]nc(N)c23)cc1. The zero-order valence-electron chi connectivity index (χ0n) is 19.4. The molecule has 0 saturated carbocycles. The van der Waals surface area contributed by atoms with Crippen molar-refractivity contribution in [3.63, 3.8) is 0 Å². The molecule has 0 spiro atoms. The van der Waals surface area contributed by atoms with Gasteiger partial charge in [-0.1, -0.05) is 41.9 Å². The molecule has 0 atom stereocenters.